The van der Waals surface area contributed by atoms with Crippen LogP contribution in [-0.4, -0.2) is 25.9 Å². The van der Waals surface area contributed by atoms with Gasteiger partial charge in [0.05, 0.1) is 17.1 Å². The van der Waals surface area contributed by atoms with Gasteiger partial charge in [0.25, 0.3) is 5.91 Å². The second-order valence-electron chi connectivity index (χ2n) is 6.00. The zero-order valence-corrected chi connectivity index (χ0v) is 15.7. The second-order valence-corrected chi connectivity index (χ2v) is 6.95. The number of para-hydroxylation sites is 1. The van der Waals surface area contributed by atoms with Gasteiger partial charge in [0.2, 0.25) is 5.89 Å². The van der Waals surface area contributed by atoms with Crippen molar-refractivity contribution in [2.45, 2.75) is 20.4 Å². The van der Waals surface area contributed by atoms with Gasteiger partial charge in [-0.25, -0.2) is 9.67 Å². The first-order valence-corrected chi connectivity index (χ1v) is 9.26. The maximum Gasteiger partial charge on any atom is 0.278 e. The molecule has 0 atom stereocenters. The van der Waals surface area contributed by atoms with E-state index in [1.807, 2.05) is 61.7 Å². The summed E-state index contributed by atoms with van der Waals surface area (Å²) in [5.74, 6) is 1.03. The number of aryl methyl sites for hydroxylation is 1. The van der Waals surface area contributed by atoms with Crippen molar-refractivity contribution in [2.75, 3.05) is 5.32 Å². The van der Waals surface area contributed by atoms with Crippen molar-refractivity contribution in [3.63, 3.8) is 0 Å². The highest BCUT2D eigenvalue weighted by Gasteiger charge is 2.19. The summed E-state index contributed by atoms with van der Waals surface area (Å²) in [7, 11) is 0. The lowest BCUT2D eigenvalue weighted by Gasteiger charge is -2.04. The van der Waals surface area contributed by atoms with E-state index in [1.165, 1.54) is 0 Å². The lowest BCUT2D eigenvalue weighted by molar-refractivity contribution is 0.102. The van der Waals surface area contributed by atoms with E-state index in [2.05, 4.69) is 20.6 Å². The smallest absolute Gasteiger partial charge is 0.278 e. The van der Waals surface area contributed by atoms with E-state index >= 15 is 0 Å². The quantitative estimate of drug-likeness (QED) is 0.568. The van der Waals surface area contributed by atoms with Crippen LogP contribution in [0, 0.1) is 13.8 Å². The Morgan fingerprint density at radius 1 is 1.19 bits per heavy atom. The third-order valence-corrected chi connectivity index (χ3v) is 5.01. The van der Waals surface area contributed by atoms with Gasteiger partial charge in [-0.15, -0.1) is 16.4 Å². The van der Waals surface area contributed by atoms with Gasteiger partial charge in [0.1, 0.15) is 11.5 Å². The number of aromatic nitrogens is 4. The zero-order valence-electron chi connectivity index (χ0n) is 14.8. The van der Waals surface area contributed by atoms with Crippen molar-refractivity contribution in [1.82, 2.24) is 20.0 Å². The molecule has 0 radical (unpaired) electrons. The molecular weight excluding hydrogens is 362 g/mol. The number of nitrogens with one attached hydrogen (secondary N) is 1. The summed E-state index contributed by atoms with van der Waals surface area (Å²) in [6.07, 6.45) is 0. The van der Waals surface area contributed by atoms with Crippen LogP contribution >= 0.6 is 11.3 Å². The number of amides is 1. The van der Waals surface area contributed by atoms with Gasteiger partial charge in [0.15, 0.2) is 5.69 Å². The Bertz CT molecular complexity index is 1070. The van der Waals surface area contributed by atoms with Gasteiger partial charge in [-0.3, -0.25) is 4.79 Å². The normalized spacial score (nSPS) is 10.9. The van der Waals surface area contributed by atoms with E-state index in [0.29, 0.717) is 29.5 Å². The molecule has 0 saturated carbocycles. The Labute approximate surface area is 159 Å². The maximum atomic E-state index is 12.5. The number of carbonyl (C=O) groups is 1. The van der Waals surface area contributed by atoms with Crippen molar-refractivity contribution >= 4 is 22.9 Å². The summed E-state index contributed by atoms with van der Waals surface area (Å²) in [5, 5.41) is 13.0. The number of nitrogens with zero attached hydrogens (tertiary/aromatic N) is 4. The molecule has 0 saturated heterocycles. The molecule has 1 N–H and O–H groups in total. The monoisotopic (exact) mass is 379 g/mol. The molecule has 0 spiro atoms. The van der Waals surface area contributed by atoms with Crippen LogP contribution in [-0.2, 0) is 6.54 Å². The summed E-state index contributed by atoms with van der Waals surface area (Å²) < 4.78 is 7.42. The Kier molecular flexibility index (Phi) is 4.55. The van der Waals surface area contributed by atoms with Crippen LogP contribution in [0.3, 0.4) is 0 Å². The summed E-state index contributed by atoms with van der Waals surface area (Å²) >= 11 is 1.57. The molecule has 27 heavy (non-hydrogen) atoms. The molecule has 136 valence electrons. The first-order valence-electron chi connectivity index (χ1n) is 8.38. The average Bonchev–Trinajstić information content (AvgIpc) is 3.38. The molecule has 1 amide bonds. The molecule has 0 aliphatic rings. The van der Waals surface area contributed by atoms with E-state index in [4.69, 9.17) is 4.42 Å². The Morgan fingerprint density at radius 3 is 2.74 bits per heavy atom. The predicted octanol–water partition coefficient (Wildman–Crippen LogP) is 3.91. The fourth-order valence-corrected chi connectivity index (χ4v) is 3.30. The largest absolute Gasteiger partial charge is 0.440 e. The molecule has 4 aromatic rings. The van der Waals surface area contributed by atoms with Crippen LogP contribution < -0.4 is 5.32 Å². The molecule has 4 rings (SSSR count). The minimum atomic E-state index is -0.291. The van der Waals surface area contributed by atoms with Gasteiger partial charge < -0.3 is 9.73 Å². The first kappa shape index (κ1) is 17.2. The van der Waals surface area contributed by atoms with Crippen molar-refractivity contribution in [3.8, 4) is 10.8 Å². The van der Waals surface area contributed by atoms with Gasteiger partial charge in [0, 0.05) is 5.69 Å². The molecular formula is C19H17N5O2S. The first-order chi connectivity index (χ1) is 13.1. The number of carbonyl (C=O) groups excluding carboxylic acids is 1. The molecule has 0 aliphatic carbocycles. The number of rotatable bonds is 5. The molecule has 3 aromatic heterocycles. The summed E-state index contributed by atoms with van der Waals surface area (Å²) in [6.45, 7) is 4.07. The number of benzene rings is 1. The SMILES string of the molecule is Cc1oc(-c2cccs2)nc1Cn1nnc(C(=O)Nc2ccccc2)c1C. The lowest BCUT2D eigenvalue weighted by Crippen LogP contribution is -2.14. The highest BCUT2D eigenvalue weighted by Crippen LogP contribution is 2.26. The van der Waals surface area contributed by atoms with E-state index in [9.17, 15) is 4.79 Å². The lowest BCUT2D eigenvalue weighted by atomic mass is 10.2. The highest BCUT2D eigenvalue weighted by molar-refractivity contribution is 7.13. The number of anilines is 1. The molecule has 0 fully saturated rings. The number of thiophene rings is 1. The van der Waals surface area contributed by atoms with Crippen LogP contribution in [0.15, 0.2) is 52.3 Å². The number of hydrogen-bond donors (Lipinski definition) is 1. The summed E-state index contributed by atoms with van der Waals surface area (Å²) in [6, 6.07) is 13.2. The Balaban J connectivity index is 1.54. The molecule has 0 bridgehead atoms. The van der Waals surface area contributed by atoms with E-state index in [0.717, 1.165) is 16.3 Å². The second kappa shape index (κ2) is 7.16. The topological polar surface area (TPSA) is 85.8 Å². The van der Waals surface area contributed by atoms with E-state index in [-0.39, 0.29) is 5.91 Å². The third kappa shape index (κ3) is 3.52. The number of hydrogen-bond acceptors (Lipinski definition) is 6. The molecule has 7 nitrogen and oxygen atoms in total. The fourth-order valence-electron chi connectivity index (χ4n) is 2.65. The Hall–Kier alpha value is -3.26. The van der Waals surface area contributed by atoms with Gasteiger partial charge in [-0.05, 0) is 37.4 Å². The van der Waals surface area contributed by atoms with Crippen molar-refractivity contribution in [2.24, 2.45) is 0 Å². The maximum absolute atomic E-state index is 12.5. The van der Waals surface area contributed by atoms with E-state index in [1.54, 1.807) is 16.0 Å². The molecule has 0 aliphatic heterocycles. The van der Waals surface area contributed by atoms with E-state index < -0.39 is 0 Å². The van der Waals surface area contributed by atoms with Crippen LogP contribution in [0.25, 0.3) is 10.8 Å². The minimum Gasteiger partial charge on any atom is -0.440 e. The van der Waals surface area contributed by atoms with Crippen LogP contribution in [0.1, 0.15) is 27.6 Å². The molecule has 0 unspecified atom stereocenters. The van der Waals surface area contributed by atoms with Crippen LogP contribution in [0.4, 0.5) is 5.69 Å². The summed E-state index contributed by atoms with van der Waals surface area (Å²) in [4.78, 5) is 18.0. The number of oxazole rings is 1. The van der Waals surface area contributed by atoms with Gasteiger partial charge in [-0.2, -0.15) is 0 Å². The predicted molar refractivity (Wildman–Crippen MR) is 103 cm³/mol. The van der Waals surface area contributed by atoms with Crippen molar-refractivity contribution < 1.29 is 9.21 Å². The minimum absolute atomic E-state index is 0.290. The van der Waals surface area contributed by atoms with Gasteiger partial charge in [-0.1, -0.05) is 29.5 Å². The molecule has 8 heteroatoms. The summed E-state index contributed by atoms with van der Waals surface area (Å²) in [5.41, 5.74) is 2.44. The average molecular weight is 379 g/mol. The molecule has 1 aromatic carbocycles. The molecule has 3 heterocycles. The van der Waals surface area contributed by atoms with Crippen molar-refractivity contribution in [1.29, 1.82) is 0 Å². The highest BCUT2D eigenvalue weighted by atomic mass is 32.1. The van der Waals surface area contributed by atoms with Crippen LogP contribution in [0.2, 0.25) is 0 Å². The fraction of sp³-hybridized carbons (Fsp3) is 0.158. The van der Waals surface area contributed by atoms with Gasteiger partial charge >= 0.3 is 0 Å². The Morgan fingerprint density at radius 2 is 2.00 bits per heavy atom. The zero-order chi connectivity index (χ0) is 18.8. The van der Waals surface area contributed by atoms with Crippen LogP contribution in [0.5, 0.6) is 0 Å². The third-order valence-electron chi connectivity index (χ3n) is 4.15. The standard InChI is InChI=1S/C19H17N5O2S/c1-12-17(18(25)20-14-7-4-3-5-8-14)22-23-24(12)11-15-13(2)26-19(21-15)16-9-6-10-27-16/h3-10H,11H2,1-2H3,(H,20,25). The van der Waals surface area contributed by atoms with Crippen molar-refractivity contribution in [3.05, 3.63) is 70.7 Å².